The Morgan fingerprint density at radius 1 is 1.06 bits per heavy atom. The maximum absolute atomic E-state index is 13.5. The van der Waals surface area contributed by atoms with Crippen LogP contribution in [0.5, 0.6) is 17.2 Å². The number of benzene rings is 2. The number of rotatable bonds is 4. The Kier molecular flexibility index (Phi) is 5.71. The molecule has 0 unspecified atom stereocenters. The zero-order valence-electron chi connectivity index (χ0n) is 19.2. The van der Waals surface area contributed by atoms with Gasteiger partial charge in [-0.25, -0.2) is 0 Å². The highest BCUT2D eigenvalue weighted by molar-refractivity contribution is 5.86. The fourth-order valence-corrected chi connectivity index (χ4v) is 3.72. The van der Waals surface area contributed by atoms with Crippen LogP contribution in [0.25, 0.3) is 22.1 Å². The molecule has 3 aromatic rings. The fourth-order valence-electron chi connectivity index (χ4n) is 3.72. The van der Waals surface area contributed by atoms with Crippen molar-refractivity contribution >= 4 is 16.9 Å². The molecule has 2 aromatic carbocycles. The molecule has 0 atom stereocenters. The highest BCUT2D eigenvalue weighted by atomic mass is 16.6. The molecule has 0 saturated carbocycles. The Bertz CT molecular complexity index is 1250. The molecule has 168 valence electrons. The van der Waals surface area contributed by atoms with Crippen molar-refractivity contribution in [2.45, 2.75) is 47.5 Å². The molecule has 6 nitrogen and oxygen atoms in total. The van der Waals surface area contributed by atoms with E-state index in [9.17, 15) is 9.59 Å². The van der Waals surface area contributed by atoms with E-state index in [1.54, 1.807) is 39.8 Å². The number of ether oxygens (including phenoxy) is 3. The molecule has 4 rings (SSSR count). The summed E-state index contributed by atoms with van der Waals surface area (Å²) in [6.45, 7) is 10.2. The summed E-state index contributed by atoms with van der Waals surface area (Å²) in [4.78, 5) is 26.0. The molecule has 0 fully saturated rings. The number of hydrogen-bond acceptors (Lipinski definition) is 6. The van der Waals surface area contributed by atoms with Gasteiger partial charge in [-0.1, -0.05) is 19.4 Å². The zero-order valence-corrected chi connectivity index (χ0v) is 19.2. The Hall–Kier alpha value is -3.28. The summed E-state index contributed by atoms with van der Waals surface area (Å²) in [6.07, 6.45) is 1.52. The van der Waals surface area contributed by atoms with Crippen molar-refractivity contribution in [3.8, 4) is 28.4 Å². The maximum Gasteiger partial charge on any atom is 0.316 e. The molecular weight excluding hydrogens is 408 g/mol. The summed E-state index contributed by atoms with van der Waals surface area (Å²) in [7, 11) is 0. The summed E-state index contributed by atoms with van der Waals surface area (Å²) < 4.78 is 23.0. The minimum absolute atomic E-state index is 0.133. The first-order chi connectivity index (χ1) is 15.2. The quantitative estimate of drug-likeness (QED) is 0.400. The molecule has 1 aliphatic rings. The normalized spacial score (nSPS) is 13.3. The Labute approximate surface area is 187 Å². The molecular formula is C26H28O6. The minimum Gasteiger partial charge on any atom is -0.486 e. The summed E-state index contributed by atoms with van der Waals surface area (Å²) in [6, 6.07) is 8.91. The van der Waals surface area contributed by atoms with E-state index in [0.717, 1.165) is 12.0 Å². The first-order valence-electron chi connectivity index (χ1n) is 10.9. The van der Waals surface area contributed by atoms with Crippen molar-refractivity contribution in [3.63, 3.8) is 0 Å². The molecule has 0 amide bonds. The van der Waals surface area contributed by atoms with Crippen LogP contribution in [0.2, 0.25) is 0 Å². The number of carbonyl (C=O) groups excluding carboxylic acids is 1. The molecule has 1 aliphatic heterocycles. The van der Waals surface area contributed by atoms with Gasteiger partial charge in [0.05, 0.1) is 16.4 Å². The third-order valence-electron chi connectivity index (χ3n) is 5.41. The smallest absolute Gasteiger partial charge is 0.316 e. The van der Waals surface area contributed by atoms with Crippen molar-refractivity contribution < 1.29 is 23.4 Å². The van der Waals surface area contributed by atoms with E-state index in [0.29, 0.717) is 64.7 Å². The SMILES string of the molecule is CCCc1cc2c(=O)c(-c3ccc4c(c3)OCCO4)c(C)oc2cc1OC(=O)C(C)(C)C. The van der Waals surface area contributed by atoms with Crippen molar-refractivity contribution in [1.29, 1.82) is 0 Å². The molecule has 2 heterocycles. The van der Waals surface area contributed by atoms with Crippen LogP contribution in [0.4, 0.5) is 0 Å². The minimum atomic E-state index is -0.642. The van der Waals surface area contributed by atoms with E-state index in [-0.39, 0.29) is 11.4 Å². The molecule has 0 saturated heterocycles. The average molecular weight is 437 g/mol. The standard InChI is InChI=1S/C26H28O6/c1-6-7-16-12-18-21(14-20(16)32-25(28)26(3,4)5)31-15(2)23(24(18)27)17-8-9-19-22(13-17)30-11-10-29-19/h8-9,12-14H,6-7,10-11H2,1-5H3. The van der Waals surface area contributed by atoms with Gasteiger partial charge in [0.15, 0.2) is 11.5 Å². The van der Waals surface area contributed by atoms with E-state index >= 15 is 0 Å². The predicted octanol–water partition coefficient (Wildman–Crippen LogP) is 5.44. The lowest BCUT2D eigenvalue weighted by Crippen LogP contribution is -2.26. The Morgan fingerprint density at radius 3 is 2.47 bits per heavy atom. The van der Waals surface area contributed by atoms with E-state index in [1.165, 1.54) is 0 Å². The summed E-state index contributed by atoms with van der Waals surface area (Å²) >= 11 is 0. The topological polar surface area (TPSA) is 75.0 Å². The van der Waals surface area contributed by atoms with Crippen LogP contribution in [0.15, 0.2) is 39.5 Å². The second kappa shape index (κ2) is 8.34. The highest BCUT2D eigenvalue weighted by Gasteiger charge is 2.26. The molecule has 0 bridgehead atoms. The highest BCUT2D eigenvalue weighted by Crippen LogP contribution is 2.36. The van der Waals surface area contributed by atoms with Gasteiger partial charge in [0.25, 0.3) is 0 Å². The summed E-state index contributed by atoms with van der Waals surface area (Å²) in [5.74, 6) is 1.87. The summed E-state index contributed by atoms with van der Waals surface area (Å²) in [5, 5.41) is 0.458. The van der Waals surface area contributed by atoms with Gasteiger partial charge in [0.1, 0.15) is 30.3 Å². The number of carbonyl (C=O) groups is 1. The third-order valence-corrected chi connectivity index (χ3v) is 5.41. The van der Waals surface area contributed by atoms with E-state index < -0.39 is 5.41 Å². The van der Waals surface area contributed by atoms with Crippen LogP contribution in [-0.4, -0.2) is 19.2 Å². The molecule has 1 aromatic heterocycles. The lowest BCUT2D eigenvalue weighted by Gasteiger charge is -2.19. The molecule has 0 aliphatic carbocycles. The number of aryl methyl sites for hydroxylation is 2. The van der Waals surface area contributed by atoms with Crippen LogP contribution in [0, 0.1) is 12.3 Å². The first kappa shape index (κ1) is 21.9. The predicted molar refractivity (Wildman–Crippen MR) is 123 cm³/mol. The molecule has 6 heteroatoms. The lowest BCUT2D eigenvalue weighted by atomic mass is 9.97. The largest absolute Gasteiger partial charge is 0.486 e. The molecule has 32 heavy (non-hydrogen) atoms. The van der Waals surface area contributed by atoms with Gasteiger partial charge >= 0.3 is 5.97 Å². The van der Waals surface area contributed by atoms with E-state index in [4.69, 9.17) is 18.6 Å². The van der Waals surface area contributed by atoms with E-state index in [2.05, 4.69) is 0 Å². The Morgan fingerprint density at radius 2 is 1.78 bits per heavy atom. The van der Waals surface area contributed by atoms with Gasteiger partial charge in [0, 0.05) is 6.07 Å². The van der Waals surface area contributed by atoms with Crippen LogP contribution < -0.4 is 19.6 Å². The monoisotopic (exact) mass is 436 g/mol. The van der Waals surface area contributed by atoms with Crippen LogP contribution in [0.1, 0.15) is 45.4 Å². The van der Waals surface area contributed by atoms with Crippen LogP contribution in [0.3, 0.4) is 0 Å². The van der Waals surface area contributed by atoms with Crippen LogP contribution >= 0.6 is 0 Å². The van der Waals surface area contributed by atoms with Crippen molar-refractivity contribution in [1.82, 2.24) is 0 Å². The van der Waals surface area contributed by atoms with Crippen molar-refractivity contribution in [2.24, 2.45) is 5.41 Å². The average Bonchev–Trinajstić information content (AvgIpc) is 2.74. The van der Waals surface area contributed by atoms with Gasteiger partial charge in [0.2, 0.25) is 5.43 Å². The number of hydrogen-bond donors (Lipinski definition) is 0. The Balaban J connectivity index is 1.85. The zero-order chi connectivity index (χ0) is 23.0. The van der Waals surface area contributed by atoms with Crippen LogP contribution in [-0.2, 0) is 11.2 Å². The molecule has 0 spiro atoms. The second-order valence-corrected chi connectivity index (χ2v) is 9.07. The summed E-state index contributed by atoms with van der Waals surface area (Å²) in [5.41, 5.74) is 1.62. The van der Waals surface area contributed by atoms with Gasteiger partial charge < -0.3 is 18.6 Å². The first-order valence-corrected chi connectivity index (χ1v) is 10.9. The van der Waals surface area contributed by atoms with Crippen molar-refractivity contribution in [2.75, 3.05) is 13.2 Å². The number of fused-ring (bicyclic) bond motifs is 2. The maximum atomic E-state index is 13.5. The van der Waals surface area contributed by atoms with Gasteiger partial charge in [-0.2, -0.15) is 0 Å². The molecule has 0 radical (unpaired) electrons. The van der Waals surface area contributed by atoms with Gasteiger partial charge in [-0.3, -0.25) is 9.59 Å². The molecule has 0 N–H and O–H groups in total. The van der Waals surface area contributed by atoms with Gasteiger partial charge in [-0.15, -0.1) is 0 Å². The number of esters is 1. The fraction of sp³-hybridized carbons (Fsp3) is 0.385. The van der Waals surface area contributed by atoms with E-state index in [1.807, 2.05) is 25.1 Å². The lowest BCUT2D eigenvalue weighted by molar-refractivity contribution is -0.143. The van der Waals surface area contributed by atoms with Crippen molar-refractivity contribution in [3.05, 3.63) is 51.9 Å². The van der Waals surface area contributed by atoms with Gasteiger partial charge in [-0.05, 0) is 63.4 Å². The second-order valence-electron chi connectivity index (χ2n) is 9.07. The third kappa shape index (κ3) is 4.09.